The third-order valence-electron chi connectivity index (χ3n) is 3.60. The molecule has 0 amide bonds. The number of nitrogens with zero attached hydrogens (tertiary/aromatic N) is 2. The molecule has 1 aromatic carbocycles. The van der Waals surface area contributed by atoms with Gasteiger partial charge >= 0.3 is 0 Å². The lowest BCUT2D eigenvalue weighted by Crippen LogP contribution is -2.36. The Labute approximate surface area is 127 Å². The summed E-state index contributed by atoms with van der Waals surface area (Å²) >= 11 is 0. The lowest BCUT2D eigenvalue weighted by atomic mass is 10.2. The first-order valence-corrected chi connectivity index (χ1v) is 7.60. The highest BCUT2D eigenvalue weighted by Crippen LogP contribution is 2.16. The van der Waals surface area contributed by atoms with Crippen LogP contribution in [-0.4, -0.2) is 69.6 Å². The molecule has 1 aromatic rings. The van der Waals surface area contributed by atoms with E-state index in [1.807, 2.05) is 19.0 Å². The van der Waals surface area contributed by atoms with Crippen molar-refractivity contribution in [2.75, 3.05) is 58.4 Å². The molecule has 0 bridgehead atoms. The van der Waals surface area contributed by atoms with Crippen molar-refractivity contribution in [3.05, 3.63) is 29.8 Å². The summed E-state index contributed by atoms with van der Waals surface area (Å²) < 4.78 is 5.37. The van der Waals surface area contributed by atoms with Gasteiger partial charge in [-0.3, -0.25) is 0 Å². The second kappa shape index (κ2) is 8.34. The minimum Gasteiger partial charge on any atom is -0.390 e. The number of benzene rings is 1. The quantitative estimate of drug-likeness (QED) is 0.768. The fraction of sp³-hybridized carbons (Fsp3) is 0.625. The number of anilines is 1. The van der Waals surface area contributed by atoms with Crippen LogP contribution in [0.2, 0.25) is 0 Å². The topological polar surface area (TPSA) is 48.0 Å². The molecule has 0 aromatic heterocycles. The largest absolute Gasteiger partial charge is 0.390 e. The number of hydrogen-bond acceptors (Lipinski definition) is 5. The highest BCUT2D eigenvalue weighted by atomic mass is 16.5. The first-order chi connectivity index (χ1) is 10.1. The van der Waals surface area contributed by atoms with Crippen LogP contribution in [0.15, 0.2) is 24.3 Å². The molecule has 1 fully saturated rings. The van der Waals surface area contributed by atoms with Gasteiger partial charge in [0.1, 0.15) is 0 Å². The lowest BCUT2D eigenvalue weighted by molar-refractivity contribution is 0.122. The maximum Gasteiger partial charge on any atom is 0.0791 e. The number of nitrogens with one attached hydrogen (secondary N) is 1. The zero-order valence-corrected chi connectivity index (χ0v) is 13.1. The Morgan fingerprint density at radius 3 is 2.52 bits per heavy atom. The summed E-state index contributed by atoms with van der Waals surface area (Å²) in [6, 6.07) is 8.63. The number of likely N-dealkylation sites (N-methyl/N-ethyl adjacent to an activating group) is 1. The molecule has 0 radical (unpaired) electrons. The van der Waals surface area contributed by atoms with Crippen LogP contribution in [0.5, 0.6) is 0 Å². The Morgan fingerprint density at radius 1 is 1.24 bits per heavy atom. The van der Waals surface area contributed by atoms with Gasteiger partial charge in [0.2, 0.25) is 0 Å². The standard InChI is InChI=1S/C16H27N3O2/c1-18(2)13-16(20)12-17-11-14-3-5-15(6-4-14)19-7-9-21-10-8-19/h3-6,16-17,20H,7-13H2,1-2H3. The number of hydrogen-bond donors (Lipinski definition) is 2. The molecular formula is C16H27N3O2. The molecule has 1 unspecified atom stereocenters. The van der Waals surface area contributed by atoms with Gasteiger partial charge < -0.3 is 25.0 Å². The average Bonchev–Trinajstić information content (AvgIpc) is 2.48. The first-order valence-electron chi connectivity index (χ1n) is 7.60. The molecule has 1 heterocycles. The first kappa shape index (κ1) is 16.2. The van der Waals surface area contributed by atoms with E-state index in [0.717, 1.165) is 32.8 Å². The van der Waals surface area contributed by atoms with Crippen molar-refractivity contribution in [1.82, 2.24) is 10.2 Å². The second-order valence-corrected chi connectivity index (χ2v) is 5.81. The Bertz CT molecular complexity index is 402. The van der Waals surface area contributed by atoms with Gasteiger partial charge in [-0.25, -0.2) is 0 Å². The number of morpholine rings is 1. The van der Waals surface area contributed by atoms with E-state index in [-0.39, 0.29) is 6.10 Å². The molecular weight excluding hydrogens is 266 g/mol. The molecule has 1 aliphatic rings. The average molecular weight is 293 g/mol. The van der Waals surface area contributed by atoms with Crippen molar-refractivity contribution < 1.29 is 9.84 Å². The fourth-order valence-corrected chi connectivity index (χ4v) is 2.52. The van der Waals surface area contributed by atoms with Gasteiger partial charge in [-0.05, 0) is 31.8 Å². The van der Waals surface area contributed by atoms with E-state index in [4.69, 9.17) is 4.74 Å². The molecule has 1 saturated heterocycles. The van der Waals surface area contributed by atoms with Crippen molar-refractivity contribution >= 4 is 5.69 Å². The van der Waals surface area contributed by atoms with E-state index in [2.05, 4.69) is 34.5 Å². The molecule has 2 N–H and O–H groups in total. The fourth-order valence-electron chi connectivity index (χ4n) is 2.52. The van der Waals surface area contributed by atoms with Crippen LogP contribution in [0.1, 0.15) is 5.56 Å². The van der Waals surface area contributed by atoms with Crippen molar-refractivity contribution in [3.8, 4) is 0 Å². The van der Waals surface area contributed by atoms with Crippen LogP contribution >= 0.6 is 0 Å². The molecule has 0 spiro atoms. The summed E-state index contributed by atoms with van der Waals surface area (Å²) in [6.07, 6.45) is -0.326. The van der Waals surface area contributed by atoms with Gasteiger partial charge in [-0.15, -0.1) is 0 Å². The molecule has 2 rings (SSSR count). The third-order valence-corrected chi connectivity index (χ3v) is 3.60. The van der Waals surface area contributed by atoms with Crippen LogP contribution in [0.25, 0.3) is 0 Å². The smallest absolute Gasteiger partial charge is 0.0791 e. The van der Waals surface area contributed by atoms with E-state index < -0.39 is 0 Å². The zero-order valence-electron chi connectivity index (χ0n) is 13.1. The van der Waals surface area contributed by atoms with E-state index in [9.17, 15) is 5.11 Å². The van der Waals surface area contributed by atoms with Crippen LogP contribution < -0.4 is 10.2 Å². The van der Waals surface area contributed by atoms with E-state index in [0.29, 0.717) is 13.1 Å². The monoisotopic (exact) mass is 293 g/mol. The Morgan fingerprint density at radius 2 is 1.90 bits per heavy atom. The Balaban J connectivity index is 1.74. The predicted molar refractivity (Wildman–Crippen MR) is 85.7 cm³/mol. The van der Waals surface area contributed by atoms with Crippen molar-refractivity contribution in [1.29, 1.82) is 0 Å². The summed E-state index contributed by atoms with van der Waals surface area (Å²) in [4.78, 5) is 4.34. The van der Waals surface area contributed by atoms with Gasteiger partial charge in [-0.1, -0.05) is 12.1 Å². The van der Waals surface area contributed by atoms with E-state index in [1.165, 1.54) is 11.3 Å². The molecule has 5 nitrogen and oxygen atoms in total. The van der Waals surface area contributed by atoms with E-state index in [1.54, 1.807) is 0 Å². The number of aliphatic hydroxyl groups excluding tert-OH is 1. The Kier molecular flexibility index (Phi) is 6.45. The van der Waals surface area contributed by atoms with Gasteiger partial charge in [-0.2, -0.15) is 0 Å². The molecule has 21 heavy (non-hydrogen) atoms. The van der Waals surface area contributed by atoms with Crippen LogP contribution in [0, 0.1) is 0 Å². The molecule has 118 valence electrons. The predicted octanol–water partition coefficient (Wildman–Crippen LogP) is 0.535. The number of rotatable bonds is 7. The summed E-state index contributed by atoms with van der Waals surface area (Å²) in [5.74, 6) is 0. The SMILES string of the molecule is CN(C)CC(O)CNCc1ccc(N2CCOCC2)cc1. The number of aliphatic hydroxyl groups is 1. The molecule has 0 aliphatic carbocycles. The van der Waals surface area contributed by atoms with Gasteiger partial charge in [0.05, 0.1) is 19.3 Å². The van der Waals surface area contributed by atoms with Crippen molar-refractivity contribution in [2.45, 2.75) is 12.6 Å². The van der Waals surface area contributed by atoms with Crippen molar-refractivity contribution in [2.24, 2.45) is 0 Å². The number of ether oxygens (including phenoxy) is 1. The summed E-state index contributed by atoms with van der Waals surface area (Å²) in [7, 11) is 3.93. The highest BCUT2D eigenvalue weighted by molar-refractivity contribution is 5.47. The van der Waals surface area contributed by atoms with Crippen LogP contribution in [0.4, 0.5) is 5.69 Å². The van der Waals surface area contributed by atoms with Crippen LogP contribution in [0.3, 0.4) is 0 Å². The maximum atomic E-state index is 9.79. The van der Waals surface area contributed by atoms with Gasteiger partial charge in [0, 0.05) is 38.4 Å². The minimum absolute atomic E-state index is 0.326. The highest BCUT2D eigenvalue weighted by Gasteiger charge is 2.10. The van der Waals surface area contributed by atoms with Crippen LogP contribution in [-0.2, 0) is 11.3 Å². The van der Waals surface area contributed by atoms with Gasteiger partial charge in [0.15, 0.2) is 0 Å². The summed E-state index contributed by atoms with van der Waals surface area (Å²) in [5.41, 5.74) is 2.50. The minimum atomic E-state index is -0.326. The molecule has 0 saturated carbocycles. The summed E-state index contributed by atoms with van der Waals surface area (Å²) in [5, 5.41) is 13.1. The second-order valence-electron chi connectivity index (χ2n) is 5.81. The Hall–Kier alpha value is -1.14. The molecule has 1 aliphatic heterocycles. The van der Waals surface area contributed by atoms with Crippen molar-refractivity contribution in [3.63, 3.8) is 0 Å². The van der Waals surface area contributed by atoms with Gasteiger partial charge in [0.25, 0.3) is 0 Å². The van der Waals surface area contributed by atoms with E-state index >= 15 is 0 Å². The molecule has 5 heteroatoms. The molecule has 1 atom stereocenters. The zero-order chi connectivity index (χ0) is 15.1. The third kappa shape index (κ3) is 5.63. The summed E-state index contributed by atoms with van der Waals surface area (Å²) in [6.45, 7) is 5.64. The lowest BCUT2D eigenvalue weighted by Gasteiger charge is -2.29. The normalized spacial score (nSPS) is 17.2. The maximum absolute atomic E-state index is 9.79.